The van der Waals surface area contributed by atoms with Crippen molar-refractivity contribution < 1.29 is 29.3 Å². The lowest BCUT2D eigenvalue weighted by molar-refractivity contribution is -0.147. The number of nitrogens with one attached hydrogen (secondary N) is 1. The van der Waals surface area contributed by atoms with Crippen LogP contribution in [0.5, 0.6) is 0 Å². The summed E-state index contributed by atoms with van der Waals surface area (Å²) in [6, 6.07) is 10.00. The van der Waals surface area contributed by atoms with Crippen LogP contribution in [0.15, 0.2) is 42.5 Å². The van der Waals surface area contributed by atoms with E-state index >= 15 is 0 Å². The third-order valence-electron chi connectivity index (χ3n) is 6.74. The molecule has 0 bridgehead atoms. The Morgan fingerprint density at radius 2 is 1.69 bits per heavy atom. The molecule has 5 N–H and O–H groups in total. The summed E-state index contributed by atoms with van der Waals surface area (Å²) >= 11 is 12.5. The SMILES string of the molecule is Cc1c(C(=O)N[C@H](C(=O)C(OCc2c(Cl)cccc2Cl)C(O)C(N)CC(=O)O)C(C)C)n(C)c2ccccc12. The third-order valence-corrected chi connectivity index (χ3v) is 7.45. The predicted molar refractivity (Wildman–Crippen MR) is 150 cm³/mol. The molecule has 0 aliphatic rings. The fourth-order valence-electron chi connectivity index (χ4n) is 4.60. The molecule has 1 amide bonds. The number of para-hydroxylation sites is 1. The van der Waals surface area contributed by atoms with Crippen LogP contribution in [-0.4, -0.2) is 56.7 Å². The minimum absolute atomic E-state index is 0.257. The molecule has 11 heteroatoms. The number of carbonyl (C=O) groups excluding carboxylic acids is 2. The summed E-state index contributed by atoms with van der Waals surface area (Å²) in [5.41, 5.74) is 8.32. The topological polar surface area (TPSA) is 144 Å². The van der Waals surface area contributed by atoms with E-state index in [4.69, 9.17) is 33.7 Å². The van der Waals surface area contributed by atoms with Gasteiger partial charge in [-0.25, -0.2) is 0 Å². The van der Waals surface area contributed by atoms with Crippen LogP contribution in [0.3, 0.4) is 0 Å². The number of aliphatic hydroxyl groups is 1. The Morgan fingerprint density at radius 1 is 1.08 bits per heavy atom. The van der Waals surface area contributed by atoms with E-state index in [-0.39, 0.29) is 16.7 Å². The summed E-state index contributed by atoms with van der Waals surface area (Å²) in [4.78, 5) is 38.6. The molecule has 4 atom stereocenters. The highest BCUT2D eigenvalue weighted by molar-refractivity contribution is 6.35. The molecule has 1 heterocycles. The number of carboxylic acids is 1. The van der Waals surface area contributed by atoms with Crippen LogP contribution in [0.2, 0.25) is 10.0 Å². The van der Waals surface area contributed by atoms with E-state index in [0.29, 0.717) is 11.3 Å². The number of halogens is 2. The van der Waals surface area contributed by atoms with Crippen molar-refractivity contribution in [3.05, 3.63) is 69.3 Å². The third kappa shape index (κ3) is 6.80. The standard InChI is InChI=1S/C28H33Cl2N3O6/c1-14(2)23(32-28(38)24-15(3)16-8-5-6-11-21(16)33(24)4)26(37)27(25(36)20(31)12-22(34)35)39-13-17-18(29)9-7-10-19(17)30/h5-11,14,20,23,25,27,36H,12-13,31H2,1-4H3,(H,32,38)(H,34,35)/t20?,23-,25?,27?/m0/s1. The molecular weight excluding hydrogens is 545 g/mol. The van der Waals surface area contributed by atoms with Gasteiger partial charge < -0.3 is 30.6 Å². The second kappa shape index (κ2) is 12.9. The molecule has 1 aromatic heterocycles. The van der Waals surface area contributed by atoms with E-state index in [2.05, 4.69) is 5.32 Å². The first kappa shape index (κ1) is 30.6. The zero-order valence-corrected chi connectivity index (χ0v) is 23.7. The van der Waals surface area contributed by atoms with Gasteiger partial charge in [-0.3, -0.25) is 14.4 Å². The zero-order valence-electron chi connectivity index (χ0n) is 22.2. The summed E-state index contributed by atoms with van der Waals surface area (Å²) in [7, 11) is 1.77. The minimum Gasteiger partial charge on any atom is -0.481 e. The lowest BCUT2D eigenvalue weighted by Gasteiger charge is -2.31. The molecule has 210 valence electrons. The van der Waals surface area contributed by atoms with Gasteiger partial charge in [0.15, 0.2) is 5.78 Å². The van der Waals surface area contributed by atoms with Gasteiger partial charge in [0.1, 0.15) is 17.9 Å². The van der Waals surface area contributed by atoms with Gasteiger partial charge in [-0.15, -0.1) is 0 Å². The van der Waals surface area contributed by atoms with Crippen molar-refractivity contribution in [3.63, 3.8) is 0 Å². The van der Waals surface area contributed by atoms with Crippen molar-refractivity contribution >= 4 is 51.8 Å². The largest absolute Gasteiger partial charge is 0.481 e. The smallest absolute Gasteiger partial charge is 0.305 e. The van der Waals surface area contributed by atoms with Crippen LogP contribution in [0.25, 0.3) is 10.9 Å². The maximum Gasteiger partial charge on any atom is 0.305 e. The lowest BCUT2D eigenvalue weighted by atomic mass is 9.90. The highest BCUT2D eigenvalue weighted by Crippen LogP contribution is 2.27. The Balaban J connectivity index is 1.93. The van der Waals surface area contributed by atoms with Gasteiger partial charge in [0.2, 0.25) is 0 Å². The van der Waals surface area contributed by atoms with Crippen molar-refractivity contribution in [2.75, 3.05) is 0 Å². The highest BCUT2D eigenvalue weighted by Gasteiger charge is 2.39. The van der Waals surface area contributed by atoms with Crippen LogP contribution in [0, 0.1) is 12.8 Å². The van der Waals surface area contributed by atoms with Crippen LogP contribution >= 0.6 is 23.2 Å². The Labute approximate surface area is 236 Å². The highest BCUT2D eigenvalue weighted by atomic mass is 35.5. The number of ether oxygens (including phenoxy) is 1. The van der Waals surface area contributed by atoms with Gasteiger partial charge in [0, 0.05) is 39.6 Å². The fraction of sp³-hybridized carbons (Fsp3) is 0.393. The molecule has 0 spiro atoms. The van der Waals surface area contributed by atoms with E-state index in [0.717, 1.165) is 16.5 Å². The first-order valence-corrected chi connectivity index (χ1v) is 13.2. The molecule has 0 aliphatic heterocycles. The lowest BCUT2D eigenvalue weighted by Crippen LogP contribution is -2.56. The normalized spacial score (nSPS) is 14.7. The molecule has 3 rings (SSSR count). The summed E-state index contributed by atoms with van der Waals surface area (Å²) in [6.07, 6.45) is -3.87. The number of aryl methyl sites for hydroxylation is 2. The van der Waals surface area contributed by atoms with Crippen molar-refractivity contribution in [2.45, 2.75) is 58.1 Å². The number of hydrogen-bond donors (Lipinski definition) is 4. The molecule has 0 saturated carbocycles. The summed E-state index contributed by atoms with van der Waals surface area (Å²) in [5.74, 6) is -2.79. The number of nitrogens with two attached hydrogens (primary N) is 1. The molecule has 9 nitrogen and oxygen atoms in total. The molecule has 0 saturated heterocycles. The molecule has 3 unspecified atom stereocenters. The van der Waals surface area contributed by atoms with Crippen LogP contribution < -0.4 is 11.1 Å². The molecule has 2 aromatic carbocycles. The van der Waals surface area contributed by atoms with Crippen molar-refractivity contribution in [3.8, 4) is 0 Å². The van der Waals surface area contributed by atoms with Crippen LogP contribution in [0.1, 0.15) is 41.9 Å². The second-order valence-corrected chi connectivity index (χ2v) is 10.6. The van der Waals surface area contributed by atoms with Crippen molar-refractivity contribution in [1.29, 1.82) is 0 Å². The summed E-state index contributed by atoms with van der Waals surface area (Å²) < 4.78 is 7.59. The van der Waals surface area contributed by atoms with Gasteiger partial charge in [-0.2, -0.15) is 0 Å². The fourth-order valence-corrected chi connectivity index (χ4v) is 5.10. The number of fused-ring (bicyclic) bond motifs is 1. The number of rotatable bonds is 12. The van der Waals surface area contributed by atoms with E-state index in [9.17, 15) is 24.6 Å². The number of carboxylic acid groups (broad SMARTS) is 1. The van der Waals surface area contributed by atoms with E-state index in [1.165, 1.54) is 0 Å². The first-order valence-electron chi connectivity index (χ1n) is 12.4. The van der Waals surface area contributed by atoms with Crippen LogP contribution in [0.4, 0.5) is 0 Å². The zero-order chi connectivity index (χ0) is 29.0. The van der Waals surface area contributed by atoms with Crippen molar-refractivity contribution in [2.24, 2.45) is 18.7 Å². The minimum atomic E-state index is -1.69. The number of benzene rings is 2. The maximum atomic E-state index is 13.8. The van der Waals surface area contributed by atoms with Gasteiger partial charge in [0.05, 0.1) is 19.1 Å². The van der Waals surface area contributed by atoms with Gasteiger partial charge >= 0.3 is 5.97 Å². The number of Topliss-reactive ketones (excluding diaryl/α,β-unsaturated/α-hetero) is 1. The van der Waals surface area contributed by atoms with E-state index in [1.54, 1.807) is 43.7 Å². The average Bonchev–Trinajstić information content (AvgIpc) is 3.13. The Morgan fingerprint density at radius 3 is 2.26 bits per heavy atom. The number of hydrogen-bond acceptors (Lipinski definition) is 6. The molecular formula is C28H33Cl2N3O6. The maximum absolute atomic E-state index is 13.8. The quantitative estimate of drug-likeness (QED) is 0.256. The van der Waals surface area contributed by atoms with Crippen molar-refractivity contribution in [1.82, 2.24) is 9.88 Å². The Bertz CT molecular complexity index is 1310. The number of ketones is 1. The Kier molecular flexibility index (Phi) is 10.1. The average molecular weight is 578 g/mol. The number of amides is 1. The van der Waals surface area contributed by atoms with E-state index < -0.39 is 54.3 Å². The number of aromatic nitrogens is 1. The van der Waals surface area contributed by atoms with Gasteiger partial charge in [0.25, 0.3) is 5.91 Å². The van der Waals surface area contributed by atoms with E-state index in [1.807, 2.05) is 31.2 Å². The summed E-state index contributed by atoms with van der Waals surface area (Å²) in [6.45, 7) is 5.05. The molecule has 39 heavy (non-hydrogen) atoms. The molecule has 0 aliphatic carbocycles. The summed E-state index contributed by atoms with van der Waals surface area (Å²) in [5, 5.41) is 24.4. The molecule has 0 radical (unpaired) electrons. The predicted octanol–water partition coefficient (Wildman–Crippen LogP) is 3.87. The molecule has 0 fully saturated rings. The molecule has 3 aromatic rings. The van der Waals surface area contributed by atoms with Gasteiger partial charge in [-0.1, -0.05) is 61.3 Å². The first-order chi connectivity index (χ1) is 18.3. The Hall–Kier alpha value is -2.95. The number of carbonyl (C=O) groups is 3. The van der Waals surface area contributed by atoms with Crippen LogP contribution in [-0.2, 0) is 28.0 Å². The number of aliphatic carboxylic acids is 1. The monoisotopic (exact) mass is 577 g/mol. The second-order valence-electron chi connectivity index (χ2n) is 9.83. The number of nitrogens with zero attached hydrogens (tertiary/aromatic N) is 1. The number of aliphatic hydroxyl groups excluding tert-OH is 1. The van der Waals surface area contributed by atoms with Gasteiger partial charge in [-0.05, 0) is 36.6 Å².